The third-order valence-electron chi connectivity index (χ3n) is 3.54. The summed E-state index contributed by atoms with van der Waals surface area (Å²) in [6, 6.07) is 4.24. The molecular formula is C16H24ClN3O2. The van der Waals surface area contributed by atoms with Gasteiger partial charge in [0.1, 0.15) is 0 Å². The van der Waals surface area contributed by atoms with Crippen molar-refractivity contribution in [3.63, 3.8) is 0 Å². The number of rotatable bonds is 4. The molecule has 0 aromatic heterocycles. The summed E-state index contributed by atoms with van der Waals surface area (Å²) in [5, 5.41) is 7.19. The Morgan fingerprint density at radius 2 is 2.14 bits per heavy atom. The summed E-state index contributed by atoms with van der Waals surface area (Å²) in [7, 11) is 1.76. The summed E-state index contributed by atoms with van der Waals surface area (Å²) in [6.45, 7) is 6.16. The Morgan fingerprint density at radius 1 is 1.36 bits per heavy atom. The summed E-state index contributed by atoms with van der Waals surface area (Å²) in [6.07, 6.45) is 1.90. The van der Waals surface area contributed by atoms with Gasteiger partial charge in [-0.05, 0) is 31.0 Å². The Hall–Kier alpha value is -1.62. The van der Waals surface area contributed by atoms with Crippen molar-refractivity contribution in [3.8, 4) is 11.5 Å². The van der Waals surface area contributed by atoms with Gasteiger partial charge in [-0.1, -0.05) is 18.5 Å². The number of aliphatic imine (C=N–C) groups is 1. The monoisotopic (exact) mass is 325 g/mol. The van der Waals surface area contributed by atoms with Crippen LogP contribution in [0.25, 0.3) is 0 Å². The van der Waals surface area contributed by atoms with E-state index in [0.717, 1.165) is 24.4 Å². The number of guanidine groups is 1. The van der Waals surface area contributed by atoms with Gasteiger partial charge in [0, 0.05) is 26.1 Å². The van der Waals surface area contributed by atoms with E-state index in [1.165, 1.54) is 0 Å². The second-order valence-corrected chi connectivity index (χ2v) is 5.74. The second kappa shape index (κ2) is 8.13. The number of benzene rings is 1. The maximum Gasteiger partial charge on any atom is 0.191 e. The molecular weight excluding hydrogens is 302 g/mol. The van der Waals surface area contributed by atoms with Gasteiger partial charge < -0.3 is 20.1 Å². The maximum absolute atomic E-state index is 6.30. The summed E-state index contributed by atoms with van der Waals surface area (Å²) < 4.78 is 11.3. The van der Waals surface area contributed by atoms with E-state index in [9.17, 15) is 0 Å². The Kier molecular flexibility index (Phi) is 6.19. The number of hydrogen-bond donors (Lipinski definition) is 2. The van der Waals surface area contributed by atoms with Gasteiger partial charge in [0.25, 0.3) is 0 Å². The van der Waals surface area contributed by atoms with E-state index in [4.69, 9.17) is 21.1 Å². The highest BCUT2D eigenvalue weighted by atomic mass is 35.5. The Morgan fingerprint density at radius 3 is 2.86 bits per heavy atom. The molecule has 2 N–H and O–H groups in total. The molecule has 0 aliphatic carbocycles. The van der Waals surface area contributed by atoms with E-state index in [1.54, 1.807) is 7.05 Å². The SMILES string of the molecule is CCC(C)NC(=NC)NCc1cc(Cl)c2c(c1)OCCCO2. The molecule has 6 heteroatoms. The van der Waals surface area contributed by atoms with Gasteiger partial charge in [-0.15, -0.1) is 0 Å². The zero-order chi connectivity index (χ0) is 15.9. The van der Waals surface area contributed by atoms with Gasteiger partial charge in [0.15, 0.2) is 17.5 Å². The molecule has 1 aliphatic heterocycles. The van der Waals surface area contributed by atoms with Gasteiger partial charge in [0.2, 0.25) is 0 Å². The lowest BCUT2D eigenvalue weighted by Gasteiger charge is -2.17. The number of hydrogen-bond acceptors (Lipinski definition) is 3. The number of halogens is 1. The molecule has 5 nitrogen and oxygen atoms in total. The Bertz CT molecular complexity index is 534. The zero-order valence-electron chi connectivity index (χ0n) is 13.4. The van der Waals surface area contributed by atoms with Crippen LogP contribution >= 0.6 is 11.6 Å². The molecule has 0 amide bonds. The van der Waals surface area contributed by atoms with E-state index >= 15 is 0 Å². The van der Waals surface area contributed by atoms with Crippen LogP contribution in [0.3, 0.4) is 0 Å². The van der Waals surface area contributed by atoms with Crippen LogP contribution in [0, 0.1) is 0 Å². The lowest BCUT2D eigenvalue weighted by molar-refractivity contribution is 0.297. The first-order valence-corrected chi connectivity index (χ1v) is 8.07. The molecule has 0 spiro atoms. The molecule has 1 unspecified atom stereocenters. The maximum atomic E-state index is 6.30. The summed E-state index contributed by atoms with van der Waals surface area (Å²) >= 11 is 6.30. The summed E-state index contributed by atoms with van der Waals surface area (Å²) in [5.41, 5.74) is 1.03. The van der Waals surface area contributed by atoms with Crippen LogP contribution in [0.2, 0.25) is 5.02 Å². The molecule has 1 aromatic carbocycles. The minimum Gasteiger partial charge on any atom is -0.489 e. The molecule has 1 atom stereocenters. The fourth-order valence-corrected chi connectivity index (χ4v) is 2.39. The lowest BCUT2D eigenvalue weighted by Crippen LogP contribution is -2.41. The van der Waals surface area contributed by atoms with Crippen molar-refractivity contribution in [1.82, 2.24) is 10.6 Å². The van der Waals surface area contributed by atoms with Crippen molar-refractivity contribution < 1.29 is 9.47 Å². The highest BCUT2D eigenvalue weighted by Crippen LogP contribution is 2.37. The molecule has 0 saturated carbocycles. The van der Waals surface area contributed by atoms with Crippen LogP contribution in [0.15, 0.2) is 17.1 Å². The molecule has 0 bridgehead atoms. The number of nitrogens with one attached hydrogen (secondary N) is 2. The van der Waals surface area contributed by atoms with Gasteiger partial charge in [-0.25, -0.2) is 0 Å². The standard InChI is InChI=1S/C16H24ClN3O2/c1-4-11(2)20-16(18-3)19-10-12-8-13(17)15-14(9-12)21-6-5-7-22-15/h8-9,11H,4-7,10H2,1-3H3,(H2,18,19,20). The molecule has 0 fully saturated rings. The average molecular weight is 326 g/mol. The Balaban J connectivity index is 2.04. The predicted molar refractivity (Wildman–Crippen MR) is 90.1 cm³/mol. The highest BCUT2D eigenvalue weighted by molar-refractivity contribution is 6.32. The van der Waals surface area contributed by atoms with Crippen LogP contribution in [0.4, 0.5) is 0 Å². The average Bonchev–Trinajstić information content (AvgIpc) is 2.76. The molecule has 1 aromatic rings. The first-order valence-electron chi connectivity index (χ1n) is 7.69. The second-order valence-electron chi connectivity index (χ2n) is 5.33. The summed E-state index contributed by atoms with van der Waals surface area (Å²) in [4.78, 5) is 4.22. The van der Waals surface area contributed by atoms with E-state index in [2.05, 4.69) is 29.5 Å². The minimum atomic E-state index is 0.374. The van der Waals surface area contributed by atoms with Crippen molar-refractivity contribution in [2.45, 2.75) is 39.3 Å². The summed E-state index contributed by atoms with van der Waals surface area (Å²) in [5.74, 6) is 2.13. The van der Waals surface area contributed by atoms with Gasteiger partial charge in [0.05, 0.1) is 18.2 Å². The van der Waals surface area contributed by atoms with Crippen molar-refractivity contribution >= 4 is 17.6 Å². The number of fused-ring (bicyclic) bond motifs is 1. The molecule has 1 heterocycles. The number of ether oxygens (including phenoxy) is 2. The lowest BCUT2D eigenvalue weighted by atomic mass is 10.2. The quantitative estimate of drug-likeness (QED) is 0.660. The molecule has 1 aliphatic rings. The molecule has 22 heavy (non-hydrogen) atoms. The van der Waals surface area contributed by atoms with E-state index < -0.39 is 0 Å². The number of nitrogens with zero attached hydrogens (tertiary/aromatic N) is 1. The third kappa shape index (κ3) is 4.44. The van der Waals surface area contributed by atoms with Crippen molar-refractivity contribution in [2.24, 2.45) is 4.99 Å². The molecule has 2 rings (SSSR count). The van der Waals surface area contributed by atoms with E-state index in [0.29, 0.717) is 42.3 Å². The van der Waals surface area contributed by atoms with Crippen molar-refractivity contribution in [1.29, 1.82) is 0 Å². The van der Waals surface area contributed by atoms with Crippen molar-refractivity contribution in [3.05, 3.63) is 22.7 Å². The van der Waals surface area contributed by atoms with E-state index in [1.807, 2.05) is 12.1 Å². The topological polar surface area (TPSA) is 54.9 Å². The normalized spacial score (nSPS) is 15.9. The first-order chi connectivity index (χ1) is 10.6. The smallest absolute Gasteiger partial charge is 0.191 e. The van der Waals surface area contributed by atoms with Crippen LogP contribution in [-0.2, 0) is 6.54 Å². The van der Waals surface area contributed by atoms with E-state index in [-0.39, 0.29) is 0 Å². The van der Waals surface area contributed by atoms with Crippen molar-refractivity contribution in [2.75, 3.05) is 20.3 Å². The van der Waals surface area contributed by atoms with Crippen LogP contribution in [0.1, 0.15) is 32.3 Å². The van der Waals surface area contributed by atoms with Crippen LogP contribution in [-0.4, -0.2) is 32.3 Å². The van der Waals surface area contributed by atoms with Crippen LogP contribution in [0.5, 0.6) is 11.5 Å². The third-order valence-corrected chi connectivity index (χ3v) is 3.82. The van der Waals surface area contributed by atoms with Gasteiger partial charge in [-0.2, -0.15) is 0 Å². The minimum absolute atomic E-state index is 0.374. The fraction of sp³-hybridized carbons (Fsp3) is 0.562. The highest BCUT2D eigenvalue weighted by Gasteiger charge is 2.15. The van der Waals surface area contributed by atoms with Crippen LogP contribution < -0.4 is 20.1 Å². The molecule has 0 saturated heterocycles. The largest absolute Gasteiger partial charge is 0.489 e. The van der Waals surface area contributed by atoms with Gasteiger partial charge >= 0.3 is 0 Å². The molecule has 122 valence electrons. The van der Waals surface area contributed by atoms with Gasteiger partial charge in [-0.3, -0.25) is 4.99 Å². The Labute approximate surface area is 137 Å². The zero-order valence-corrected chi connectivity index (χ0v) is 14.2. The fourth-order valence-electron chi connectivity index (χ4n) is 2.10. The predicted octanol–water partition coefficient (Wildman–Crippen LogP) is 2.96. The first kappa shape index (κ1) is 16.7. The molecule has 0 radical (unpaired) electrons.